The van der Waals surface area contributed by atoms with Crippen LogP contribution < -0.4 is 10.2 Å². The van der Waals surface area contributed by atoms with Crippen LogP contribution in [0.15, 0.2) is 23.1 Å². The van der Waals surface area contributed by atoms with E-state index in [1.807, 2.05) is 25.7 Å². The van der Waals surface area contributed by atoms with Gasteiger partial charge in [0.1, 0.15) is 11.1 Å². The monoisotopic (exact) mass is 426 g/mol. The van der Waals surface area contributed by atoms with E-state index in [0.717, 1.165) is 6.26 Å². The molecule has 2 rings (SSSR count). The third-order valence-electron chi connectivity index (χ3n) is 5.01. The first-order chi connectivity index (χ1) is 13.3. The van der Waals surface area contributed by atoms with Crippen LogP contribution in [0.5, 0.6) is 0 Å². The molecule has 29 heavy (non-hydrogen) atoms. The van der Waals surface area contributed by atoms with Gasteiger partial charge in [-0.2, -0.15) is 0 Å². The molecule has 0 radical (unpaired) electrons. The maximum absolute atomic E-state index is 12.7. The quantitative estimate of drug-likeness (QED) is 0.711. The number of esters is 2. The van der Waals surface area contributed by atoms with Crippen molar-refractivity contribution >= 4 is 27.5 Å². The summed E-state index contributed by atoms with van der Waals surface area (Å²) < 4.78 is 35.0. The number of carbonyl (C=O) groups is 2. The van der Waals surface area contributed by atoms with Gasteiger partial charge in [-0.3, -0.25) is 4.79 Å². The second-order valence-corrected chi connectivity index (χ2v) is 10.3. The number of piperidine rings is 1. The fourth-order valence-corrected chi connectivity index (χ4v) is 4.30. The van der Waals surface area contributed by atoms with Gasteiger partial charge in [0.2, 0.25) is 0 Å². The summed E-state index contributed by atoms with van der Waals surface area (Å²) in [7, 11) is -0.605. The van der Waals surface area contributed by atoms with Gasteiger partial charge in [0, 0.05) is 19.3 Å². The van der Waals surface area contributed by atoms with Crippen LogP contribution in [0, 0.1) is 0 Å². The molecule has 0 bridgehead atoms. The minimum atomic E-state index is -3.58. The lowest BCUT2D eigenvalue weighted by Gasteiger charge is -2.42. The zero-order valence-electron chi connectivity index (χ0n) is 17.9. The molecule has 0 aromatic heterocycles. The van der Waals surface area contributed by atoms with Gasteiger partial charge in [-0.1, -0.05) is 0 Å². The third-order valence-corrected chi connectivity index (χ3v) is 6.13. The zero-order chi connectivity index (χ0) is 22.0. The normalized spacial score (nSPS) is 17.0. The van der Waals surface area contributed by atoms with Gasteiger partial charge in [-0.15, -0.1) is 0 Å². The summed E-state index contributed by atoms with van der Waals surface area (Å²) in [5.74, 6) is -0.907. The molecule has 1 saturated heterocycles. The van der Waals surface area contributed by atoms with Crippen molar-refractivity contribution < 1.29 is 27.5 Å². The van der Waals surface area contributed by atoms with Crippen LogP contribution >= 0.6 is 0 Å². The molecule has 1 fully saturated rings. The van der Waals surface area contributed by atoms with Crippen molar-refractivity contribution in [3.8, 4) is 0 Å². The number of carbonyl (C=O) groups excluding carboxylic acids is 2. The van der Waals surface area contributed by atoms with E-state index in [1.54, 1.807) is 19.2 Å². The molecule has 1 aromatic carbocycles. The Morgan fingerprint density at radius 3 is 2.21 bits per heavy atom. The van der Waals surface area contributed by atoms with Crippen LogP contribution in [0.3, 0.4) is 0 Å². The molecule has 0 atom stereocenters. The molecule has 1 aromatic rings. The number of benzene rings is 1. The fraction of sp³-hybridized carbons (Fsp3) is 0.600. The predicted molar refractivity (Wildman–Crippen MR) is 110 cm³/mol. The van der Waals surface area contributed by atoms with Gasteiger partial charge in [-0.25, -0.2) is 13.2 Å². The number of rotatable bonds is 5. The second kappa shape index (κ2) is 8.31. The molecule has 1 aliphatic rings. The summed E-state index contributed by atoms with van der Waals surface area (Å²) in [5.41, 5.74) is -0.729. The number of nitrogens with one attached hydrogen (secondary N) is 1. The average molecular weight is 427 g/mol. The molecule has 0 unspecified atom stereocenters. The Kier molecular flexibility index (Phi) is 6.64. The van der Waals surface area contributed by atoms with E-state index in [0.29, 0.717) is 31.6 Å². The van der Waals surface area contributed by atoms with Crippen LogP contribution in [-0.2, 0) is 24.1 Å². The lowest BCUT2D eigenvalue weighted by molar-refractivity contribution is -0.164. The maximum Gasteiger partial charge on any atom is 0.337 e. The highest BCUT2D eigenvalue weighted by atomic mass is 32.2. The van der Waals surface area contributed by atoms with Crippen LogP contribution in [0.1, 0.15) is 44.0 Å². The molecule has 9 heteroatoms. The molecule has 0 spiro atoms. The summed E-state index contributed by atoms with van der Waals surface area (Å²) in [4.78, 5) is 26.5. The predicted octanol–water partition coefficient (Wildman–Crippen LogP) is 1.78. The molecule has 1 heterocycles. The Bertz CT molecular complexity index is 881. The zero-order valence-corrected chi connectivity index (χ0v) is 18.7. The second-order valence-electron chi connectivity index (χ2n) is 8.27. The third kappa shape index (κ3) is 5.27. The Labute approximate surface area is 172 Å². The van der Waals surface area contributed by atoms with Gasteiger partial charge in [0.15, 0.2) is 9.84 Å². The van der Waals surface area contributed by atoms with E-state index in [1.165, 1.54) is 13.2 Å². The summed E-state index contributed by atoms with van der Waals surface area (Å²) >= 11 is 0. The number of anilines is 1. The highest BCUT2D eigenvalue weighted by molar-refractivity contribution is 7.90. The van der Waals surface area contributed by atoms with Crippen molar-refractivity contribution in [1.29, 1.82) is 0 Å². The van der Waals surface area contributed by atoms with E-state index >= 15 is 0 Å². The fourth-order valence-electron chi connectivity index (χ4n) is 3.38. The molecule has 0 amide bonds. The summed E-state index contributed by atoms with van der Waals surface area (Å²) in [6.07, 6.45) is 2.02. The van der Waals surface area contributed by atoms with Crippen molar-refractivity contribution in [2.45, 2.75) is 49.6 Å². The number of likely N-dealkylation sites (N-methyl/N-ethyl adjacent to an activating group) is 1. The molecule has 1 aliphatic heterocycles. The molecule has 8 nitrogen and oxygen atoms in total. The van der Waals surface area contributed by atoms with E-state index in [2.05, 4.69) is 5.32 Å². The van der Waals surface area contributed by atoms with Crippen molar-refractivity contribution in [3.63, 3.8) is 0 Å². The van der Waals surface area contributed by atoms with Crippen molar-refractivity contribution in [2.75, 3.05) is 38.4 Å². The van der Waals surface area contributed by atoms with Crippen molar-refractivity contribution in [2.24, 2.45) is 0 Å². The number of methoxy groups -OCH3 is 1. The highest BCUT2D eigenvalue weighted by Gasteiger charge is 2.43. The van der Waals surface area contributed by atoms with Crippen LogP contribution in [0.2, 0.25) is 0 Å². The summed E-state index contributed by atoms with van der Waals surface area (Å²) in [6.45, 7) is 6.39. The first-order valence-corrected chi connectivity index (χ1v) is 11.3. The molecule has 162 valence electrons. The van der Waals surface area contributed by atoms with Crippen LogP contribution in [0.25, 0.3) is 0 Å². The molecular weight excluding hydrogens is 396 g/mol. The van der Waals surface area contributed by atoms with Gasteiger partial charge < -0.3 is 19.7 Å². The Morgan fingerprint density at radius 2 is 1.76 bits per heavy atom. The highest BCUT2D eigenvalue weighted by Crippen LogP contribution is 2.33. The van der Waals surface area contributed by atoms with Gasteiger partial charge in [-0.05, 0) is 58.9 Å². The van der Waals surface area contributed by atoms with E-state index in [4.69, 9.17) is 9.47 Å². The lowest BCUT2D eigenvalue weighted by atomic mass is 9.87. The van der Waals surface area contributed by atoms with Gasteiger partial charge >= 0.3 is 11.9 Å². The maximum atomic E-state index is 12.7. The van der Waals surface area contributed by atoms with Crippen molar-refractivity contribution in [1.82, 2.24) is 5.32 Å². The van der Waals surface area contributed by atoms with Crippen LogP contribution in [0.4, 0.5) is 5.69 Å². The first-order valence-electron chi connectivity index (χ1n) is 9.43. The topological polar surface area (TPSA) is 102 Å². The smallest absolute Gasteiger partial charge is 0.337 e. The standard InChI is InChI=1S/C20H30N2O6S/c1-19(2,3)28-18(24)20(21-4)9-11-22(12-10-20)15-8-7-14(17(23)27-5)13-16(15)29(6,25)26/h7-8,13,21H,9-12H2,1-6H3. The Hall–Kier alpha value is -2.13. The number of hydrogen-bond acceptors (Lipinski definition) is 8. The van der Waals surface area contributed by atoms with E-state index in [9.17, 15) is 18.0 Å². The largest absolute Gasteiger partial charge is 0.465 e. The Morgan fingerprint density at radius 1 is 1.17 bits per heavy atom. The lowest BCUT2D eigenvalue weighted by Crippen LogP contribution is -2.59. The SMILES string of the molecule is CNC1(C(=O)OC(C)(C)C)CCN(c2ccc(C(=O)OC)cc2S(C)(=O)=O)CC1. The summed E-state index contributed by atoms with van der Waals surface area (Å²) in [6, 6.07) is 4.50. The minimum absolute atomic E-state index is 0.0645. The van der Waals surface area contributed by atoms with Crippen molar-refractivity contribution in [3.05, 3.63) is 23.8 Å². The van der Waals surface area contributed by atoms with Gasteiger partial charge in [0.25, 0.3) is 0 Å². The molecular formula is C20H30N2O6S. The summed E-state index contributed by atoms with van der Waals surface area (Å²) in [5, 5.41) is 3.11. The minimum Gasteiger partial charge on any atom is -0.465 e. The molecule has 0 aliphatic carbocycles. The van der Waals surface area contributed by atoms with E-state index in [-0.39, 0.29) is 16.4 Å². The van der Waals surface area contributed by atoms with Crippen LogP contribution in [-0.4, -0.2) is 65.0 Å². The average Bonchev–Trinajstić information content (AvgIpc) is 2.65. The van der Waals surface area contributed by atoms with Gasteiger partial charge in [0.05, 0.1) is 23.3 Å². The number of sulfone groups is 1. The molecule has 1 N–H and O–H groups in total. The first kappa shape index (κ1) is 23.2. The number of nitrogens with zero attached hydrogens (tertiary/aromatic N) is 1. The Balaban J connectivity index is 2.30. The molecule has 0 saturated carbocycles. The van der Waals surface area contributed by atoms with E-state index < -0.39 is 26.9 Å². The number of hydrogen-bond donors (Lipinski definition) is 1. The number of ether oxygens (including phenoxy) is 2.